The van der Waals surface area contributed by atoms with Gasteiger partial charge < -0.3 is 0 Å². The molecule has 3 nitrogen and oxygen atoms in total. The third kappa shape index (κ3) is 2.08. The molecule has 0 aliphatic heterocycles. The van der Waals surface area contributed by atoms with Crippen LogP contribution in [0.15, 0.2) is 30.7 Å². The molecule has 16 heavy (non-hydrogen) atoms. The molecular weight excluding hydrogens is 212 g/mol. The van der Waals surface area contributed by atoms with Crippen LogP contribution in [0.3, 0.4) is 0 Å². The van der Waals surface area contributed by atoms with Crippen LogP contribution in [0, 0.1) is 6.92 Å². The molecule has 0 bridgehead atoms. The van der Waals surface area contributed by atoms with E-state index in [9.17, 15) is 8.78 Å². The van der Waals surface area contributed by atoms with Crippen molar-refractivity contribution in [1.29, 1.82) is 0 Å². The summed E-state index contributed by atoms with van der Waals surface area (Å²) in [5, 5.41) is 4.02. The van der Waals surface area contributed by atoms with Crippen LogP contribution < -0.4 is 0 Å². The zero-order valence-electron chi connectivity index (χ0n) is 8.98. The van der Waals surface area contributed by atoms with E-state index in [-0.39, 0.29) is 5.56 Å². The zero-order valence-corrected chi connectivity index (χ0v) is 8.98. The lowest BCUT2D eigenvalue weighted by Gasteiger charge is -2.11. The molecule has 2 aromatic heterocycles. The van der Waals surface area contributed by atoms with Crippen LogP contribution in [-0.2, 0) is 5.92 Å². The normalized spacial score (nSPS) is 11.8. The molecule has 84 valence electrons. The Morgan fingerprint density at radius 1 is 1.38 bits per heavy atom. The summed E-state index contributed by atoms with van der Waals surface area (Å²) in [6, 6.07) is 2.65. The van der Waals surface area contributed by atoms with Crippen LogP contribution in [-0.4, -0.2) is 14.8 Å². The Labute approximate surface area is 91.7 Å². The summed E-state index contributed by atoms with van der Waals surface area (Å²) in [5.41, 5.74) is 0.890. The third-order valence-electron chi connectivity index (χ3n) is 2.20. The van der Waals surface area contributed by atoms with Crippen LogP contribution in [0.2, 0.25) is 0 Å². The van der Waals surface area contributed by atoms with Gasteiger partial charge in [0.2, 0.25) is 0 Å². The van der Waals surface area contributed by atoms with Gasteiger partial charge in [0, 0.05) is 24.9 Å². The van der Waals surface area contributed by atoms with Crippen molar-refractivity contribution >= 4 is 0 Å². The molecule has 0 aromatic carbocycles. The lowest BCUT2D eigenvalue weighted by Crippen LogP contribution is -2.09. The quantitative estimate of drug-likeness (QED) is 0.783. The Bertz CT molecular complexity index is 500. The second kappa shape index (κ2) is 3.66. The van der Waals surface area contributed by atoms with Gasteiger partial charge >= 0.3 is 0 Å². The number of pyridine rings is 1. The minimum atomic E-state index is -2.86. The number of hydrogen-bond donors (Lipinski definition) is 0. The maximum absolute atomic E-state index is 13.1. The van der Waals surface area contributed by atoms with E-state index in [2.05, 4.69) is 10.1 Å². The highest BCUT2D eigenvalue weighted by atomic mass is 19.3. The maximum atomic E-state index is 13.1. The summed E-state index contributed by atoms with van der Waals surface area (Å²) in [5.74, 6) is -2.47. The number of aryl methyl sites for hydroxylation is 1. The Hall–Kier alpha value is -1.78. The first-order valence-corrected chi connectivity index (χ1v) is 4.83. The van der Waals surface area contributed by atoms with E-state index in [0.717, 1.165) is 12.5 Å². The van der Waals surface area contributed by atoms with Crippen molar-refractivity contribution in [3.05, 3.63) is 41.9 Å². The fraction of sp³-hybridized carbons (Fsp3) is 0.273. The first-order chi connectivity index (χ1) is 7.47. The van der Waals surface area contributed by atoms with Crippen molar-refractivity contribution in [2.45, 2.75) is 19.8 Å². The highest BCUT2D eigenvalue weighted by molar-refractivity contribution is 5.30. The summed E-state index contributed by atoms with van der Waals surface area (Å²) in [6.45, 7) is 2.74. The summed E-state index contributed by atoms with van der Waals surface area (Å²) in [6.07, 6.45) is 4.75. The molecule has 0 spiro atoms. The molecule has 0 fully saturated rings. The van der Waals surface area contributed by atoms with E-state index >= 15 is 0 Å². The molecule has 0 saturated carbocycles. The molecule has 0 radical (unpaired) electrons. The molecule has 0 unspecified atom stereocenters. The SMILES string of the molecule is Cc1cnn(-c2cc(C(C)(F)F)ccn2)c1. The third-order valence-corrected chi connectivity index (χ3v) is 2.20. The molecule has 5 heteroatoms. The van der Waals surface area contributed by atoms with Crippen LogP contribution in [0.4, 0.5) is 8.78 Å². The van der Waals surface area contributed by atoms with Gasteiger partial charge in [-0.2, -0.15) is 5.10 Å². The molecule has 2 aromatic rings. The number of aromatic nitrogens is 3. The second-order valence-corrected chi connectivity index (χ2v) is 3.75. The van der Waals surface area contributed by atoms with Gasteiger partial charge in [0.25, 0.3) is 5.92 Å². The van der Waals surface area contributed by atoms with Crippen molar-refractivity contribution in [3.8, 4) is 5.82 Å². The van der Waals surface area contributed by atoms with E-state index in [0.29, 0.717) is 5.82 Å². The average molecular weight is 223 g/mol. The van der Waals surface area contributed by atoms with E-state index in [1.165, 1.54) is 23.0 Å². The zero-order chi connectivity index (χ0) is 11.8. The molecule has 0 atom stereocenters. The fourth-order valence-corrected chi connectivity index (χ4v) is 1.35. The van der Waals surface area contributed by atoms with E-state index < -0.39 is 5.92 Å². The topological polar surface area (TPSA) is 30.7 Å². The van der Waals surface area contributed by atoms with Crippen molar-refractivity contribution in [2.75, 3.05) is 0 Å². The highest BCUT2D eigenvalue weighted by Gasteiger charge is 2.24. The van der Waals surface area contributed by atoms with Gasteiger partial charge in [-0.3, -0.25) is 0 Å². The van der Waals surface area contributed by atoms with Gasteiger partial charge in [-0.05, 0) is 24.6 Å². The Morgan fingerprint density at radius 3 is 2.69 bits per heavy atom. The van der Waals surface area contributed by atoms with Crippen molar-refractivity contribution < 1.29 is 8.78 Å². The minimum Gasteiger partial charge on any atom is -0.237 e. The van der Waals surface area contributed by atoms with Gasteiger partial charge in [-0.25, -0.2) is 18.4 Å². The number of halogens is 2. The van der Waals surface area contributed by atoms with Crippen LogP contribution in [0.5, 0.6) is 0 Å². The first kappa shape index (κ1) is 10.7. The van der Waals surface area contributed by atoms with Gasteiger partial charge in [-0.15, -0.1) is 0 Å². The maximum Gasteiger partial charge on any atom is 0.270 e. The summed E-state index contributed by atoms with van der Waals surface area (Å²) in [7, 11) is 0. The van der Waals surface area contributed by atoms with Crippen LogP contribution in [0.25, 0.3) is 5.82 Å². The molecule has 0 amide bonds. The van der Waals surface area contributed by atoms with Gasteiger partial charge in [-0.1, -0.05) is 0 Å². The monoisotopic (exact) mass is 223 g/mol. The number of hydrogen-bond acceptors (Lipinski definition) is 2. The van der Waals surface area contributed by atoms with Crippen LogP contribution in [0.1, 0.15) is 18.1 Å². The van der Waals surface area contributed by atoms with Crippen molar-refractivity contribution in [3.63, 3.8) is 0 Å². The summed E-state index contributed by atoms with van der Waals surface area (Å²) >= 11 is 0. The van der Waals surface area contributed by atoms with Gasteiger partial charge in [0.1, 0.15) is 0 Å². The van der Waals surface area contributed by atoms with E-state index in [1.54, 1.807) is 12.4 Å². The molecule has 2 heterocycles. The van der Waals surface area contributed by atoms with Crippen molar-refractivity contribution in [1.82, 2.24) is 14.8 Å². The fourth-order valence-electron chi connectivity index (χ4n) is 1.35. The smallest absolute Gasteiger partial charge is 0.237 e. The predicted molar refractivity (Wildman–Crippen MR) is 55.7 cm³/mol. The largest absolute Gasteiger partial charge is 0.270 e. The number of rotatable bonds is 2. The molecule has 0 aliphatic carbocycles. The first-order valence-electron chi connectivity index (χ1n) is 4.83. The summed E-state index contributed by atoms with van der Waals surface area (Å²) in [4.78, 5) is 4.00. The lowest BCUT2D eigenvalue weighted by atomic mass is 10.1. The molecule has 0 saturated heterocycles. The van der Waals surface area contributed by atoms with Gasteiger partial charge in [0.15, 0.2) is 5.82 Å². The molecule has 0 N–H and O–H groups in total. The average Bonchev–Trinajstić information content (AvgIpc) is 2.64. The predicted octanol–water partition coefficient (Wildman–Crippen LogP) is 2.69. The number of nitrogens with zero attached hydrogens (tertiary/aromatic N) is 3. The van der Waals surface area contributed by atoms with Crippen molar-refractivity contribution in [2.24, 2.45) is 0 Å². The molecule has 0 aliphatic rings. The van der Waals surface area contributed by atoms with Gasteiger partial charge in [0.05, 0.1) is 6.20 Å². The van der Waals surface area contributed by atoms with E-state index in [1.807, 2.05) is 6.92 Å². The molecule has 2 rings (SSSR count). The number of alkyl halides is 2. The molecular formula is C11H11F2N3. The Kier molecular flexibility index (Phi) is 2.46. The second-order valence-electron chi connectivity index (χ2n) is 3.75. The lowest BCUT2D eigenvalue weighted by molar-refractivity contribution is 0.0173. The highest BCUT2D eigenvalue weighted by Crippen LogP contribution is 2.27. The standard InChI is InChI=1S/C11H11F2N3/c1-8-6-15-16(7-8)10-5-9(3-4-14-10)11(2,12)13/h3-7H,1-2H3. The Balaban J connectivity index is 2.44. The minimum absolute atomic E-state index is 0.0642. The summed E-state index contributed by atoms with van der Waals surface area (Å²) < 4.78 is 27.7. The van der Waals surface area contributed by atoms with Crippen LogP contribution >= 0.6 is 0 Å². The Morgan fingerprint density at radius 2 is 2.12 bits per heavy atom. The van der Waals surface area contributed by atoms with E-state index in [4.69, 9.17) is 0 Å².